The molecule has 1 aliphatic rings. The van der Waals surface area contributed by atoms with Gasteiger partial charge in [-0.05, 0) is 47.2 Å². The quantitative estimate of drug-likeness (QED) is 0.312. The van der Waals surface area contributed by atoms with Crippen LogP contribution in [0.1, 0.15) is 60.3 Å². The molecule has 2 N–H and O–H groups in total. The monoisotopic (exact) mass is 614 g/mol. The van der Waals surface area contributed by atoms with E-state index >= 15 is 8.78 Å². The van der Waals surface area contributed by atoms with E-state index in [1.54, 1.807) is 6.07 Å². The van der Waals surface area contributed by atoms with Gasteiger partial charge in [-0.2, -0.15) is 5.26 Å². The van der Waals surface area contributed by atoms with E-state index in [1.165, 1.54) is 49.7 Å². The molecular weight excluding hydrogens is 585 g/mol. The van der Waals surface area contributed by atoms with Crippen LogP contribution in [0.25, 0.3) is 0 Å². The number of ether oxygens (including phenoxy) is 1. The van der Waals surface area contributed by atoms with Crippen molar-refractivity contribution >= 4 is 35.1 Å². The molecule has 2 aromatic carbocycles. The van der Waals surface area contributed by atoms with Gasteiger partial charge in [-0.25, -0.2) is 18.6 Å². The maximum absolute atomic E-state index is 15.7. The van der Waals surface area contributed by atoms with Gasteiger partial charge in [0.05, 0.1) is 24.2 Å². The molecule has 0 radical (unpaired) electrons. The SMILES string of the molecule is COC(=O)c1ccc(CNC(=O)C2NC(CC(C)(C)C)C(C#N)(c3ccc(Cl)cc3F)C2c2cccc(Cl)c2F)cn1. The summed E-state index contributed by atoms with van der Waals surface area (Å²) in [6, 6.07) is 11.8. The maximum Gasteiger partial charge on any atom is 0.356 e. The van der Waals surface area contributed by atoms with E-state index in [2.05, 4.69) is 26.4 Å². The molecule has 1 fully saturated rings. The molecule has 4 rings (SSSR count). The van der Waals surface area contributed by atoms with Gasteiger partial charge in [0.25, 0.3) is 0 Å². The minimum absolute atomic E-state index is 0.00146. The van der Waals surface area contributed by atoms with Crippen LogP contribution in [0.15, 0.2) is 54.7 Å². The number of nitrogens with one attached hydrogen (secondary N) is 2. The number of carbonyl (C=O) groups excluding carboxylic acids is 2. The summed E-state index contributed by atoms with van der Waals surface area (Å²) >= 11 is 12.2. The second kappa shape index (κ2) is 12.3. The molecule has 2 heterocycles. The van der Waals surface area contributed by atoms with Crippen LogP contribution in [0.3, 0.4) is 0 Å². The lowest BCUT2D eigenvalue weighted by Crippen LogP contribution is -2.45. The van der Waals surface area contributed by atoms with Gasteiger partial charge in [0.1, 0.15) is 22.7 Å². The van der Waals surface area contributed by atoms with Gasteiger partial charge >= 0.3 is 5.97 Å². The van der Waals surface area contributed by atoms with Crippen molar-refractivity contribution in [3.63, 3.8) is 0 Å². The Labute approximate surface area is 253 Å². The van der Waals surface area contributed by atoms with Crippen LogP contribution in [0.5, 0.6) is 0 Å². The van der Waals surface area contributed by atoms with E-state index in [-0.39, 0.29) is 38.8 Å². The summed E-state index contributed by atoms with van der Waals surface area (Å²) in [6.45, 7) is 5.90. The number of benzene rings is 2. The fourth-order valence-electron chi connectivity index (χ4n) is 5.61. The third-order valence-corrected chi connectivity index (χ3v) is 7.94. The van der Waals surface area contributed by atoms with Crippen molar-refractivity contribution in [3.8, 4) is 6.07 Å². The number of methoxy groups -OCH3 is 1. The van der Waals surface area contributed by atoms with E-state index < -0.39 is 46.9 Å². The lowest BCUT2D eigenvalue weighted by molar-refractivity contribution is -0.123. The molecule has 7 nitrogen and oxygen atoms in total. The molecule has 220 valence electrons. The first-order chi connectivity index (χ1) is 19.8. The molecule has 1 amide bonds. The molecule has 0 aliphatic carbocycles. The first kappa shape index (κ1) is 31.4. The van der Waals surface area contributed by atoms with Gasteiger partial charge in [0.15, 0.2) is 0 Å². The molecule has 42 heavy (non-hydrogen) atoms. The van der Waals surface area contributed by atoms with Gasteiger partial charge in [0, 0.05) is 35.3 Å². The van der Waals surface area contributed by atoms with E-state index in [1.807, 2.05) is 20.8 Å². The molecular formula is C31H30Cl2F2N4O3. The number of pyridine rings is 1. The Kier molecular flexibility index (Phi) is 9.21. The molecule has 4 atom stereocenters. The Balaban J connectivity index is 1.82. The number of hydrogen-bond donors (Lipinski definition) is 2. The van der Waals surface area contributed by atoms with Gasteiger partial charge in [-0.3, -0.25) is 4.79 Å². The Hall–Kier alpha value is -3.58. The van der Waals surface area contributed by atoms with Crippen LogP contribution in [0.2, 0.25) is 10.0 Å². The molecule has 0 spiro atoms. The second-order valence-corrected chi connectivity index (χ2v) is 12.3. The zero-order valence-electron chi connectivity index (χ0n) is 23.5. The predicted molar refractivity (Wildman–Crippen MR) is 155 cm³/mol. The largest absolute Gasteiger partial charge is 0.464 e. The average molecular weight is 616 g/mol. The van der Waals surface area contributed by atoms with Gasteiger partial charge < -0.3 is 15.4 Å². The normalized spacial score (nSPS) is 21.9. The van der Waals surface area contributed by atoms with Crippen molar-refractivity contribution in [2.24, 2.45) is 5.41 Å². The molecule has 0 saturated carbocycles. The number of rotatable bonds is 7. The van der Waals surface area contributed by atoms with Crippen molar-refractivity contribution < 1.29 is 23.1 Å². The summed E-state index contributed by atoms with van der Waals surface area (Å²) in [5.74, 6) is -3.85. The molecule has 1 aromatic heterocycles. The molecule has 1 aliphatic heterocycles. The standard InChI is InChI=1S/C31H30Cl2F2N4O3/c1-30(2,3)13-24-31(16-36,20-10-9-18(32)12-22(20)34)25(19-6-5-7-21(33)26(19)35)27(39-24)28(40)38-15-17-8-11-23(37-14-17)29(41)42-4/h5-12,14,24-25,27,39H,13,15H2,1-4H3,(H,38,40). The Morgan fingerprint density at radius 3 is 2.50 bits per heavy atom. The Morgan fingerprint density at radius 1 is 1.17 bits per heavy atom. The number of halogens is 4. The first-order valence-electron chi connectivity index (χ1n) is 13.2. The Bertz CT molecular complexity index is 1540. The lowest BCUT2D eigenvalue weighted by atomic mass is 9.62. The topological polar surface area (TPSA) is 104 Å². The zero-order valence-corrected chi connectivity index (χ0v) is 25.0. The van der Waals surface area contributed by atoms with Gasteiger partial charge in [0.2, 0.25) is 5.91 Å². The fourth-order valence-corrected chi connectivity index (χ4v) is 5.95. The van der Waals surface area contributed by atoms with Crippen LogP contribution in [0, 0.1) is 28.4 Å². The molecule has 11 heteroatoms. The van der Waals surface area contributed by atoms with Crippen LogP contribution in [-0.4, -0.2) is 36.1 Å². The minimum atomic E-state index is -1.72. The lowest BCUT2D eigenvalue weighted by Gasteiger charge is -2.37. The van der Waals surface area contributed by atoms with Crippen LogP contribution in [0.4, 0.5) is 8.78 Å². The smallest absolute Gasteiger partial charge is 0.356 e. The van der Waals surface area contributed by atoms with Crippen molar-refractivity contribution in [2.45, 2.75) is 57.2 Å². The number of aromatic nitrogens is 1. The third-order valence-electron chi connectivity index (χ3n) is 7.42. The van der Waals surface area contributed by atoms with Crippen LogP contribution in [-0.2, 0) is 21.5 Å². The van der Waals surface area contributed by atoms with Gasteiger partial charge in [-0.15, -0.1) is 0 Å². The summed E-state index contributed by atoms with van der Waals surface area (Å²) in [5.41, 5.74) is -1.39. The summed E-state index contributed by atoms with van der Waals surface area (Å²) < 4.78 is 36.1. The number of nitriles is 1. The summed E-state index contributed by atoms with van der Waals surface area (Å²) in [7, 11) is 1.25. The van der Waals surface area contributed by atoms with E-state index in [4.69, 9.17) is 23.2 Å². The first-order valence-corrected chi connectivity index (χ1v) is 14.0. The molecule has 0 bridgehead atoms. The summed E-state index contributed by atoms with van der Waals surface area (Å²) in [5, 5.41) is 16.9. The molecule has 1 saturated heterocycles. The van der Waals surface area contributed by atoms with Crippen LogP contribution < -0.4 is 10.6 Å². The molecule has 4 unspecified atom stereocenters. The zero-order chi connectivity index (χ0) is 30.8. The maximum atomic E-state index is 15.7. The molecule has 3 aromatic rings. The third kappa shape index (κ3) is 6.12. The van der Waals surface area contributed by atoms with Crippen molar-refractivity contribution in [2.75, 3.05) is 7.11 Å². The number of carbonyl (C=O) groups is 2. The van der Waals surface area contributed by atoms with Crippen molar-refractivity contribution in [1.82, 2.24) is 15.6 Å². The van der Waals surface area contributed by atoms with Crippen LogP contribution >= 0.6 is 23.2 Å². The second-order valence-electron chi connectivity index (χ2n) is 11.4. The van der Waals surface area contributed by atoms with E-state index in [0.29, 0.717) is 12.0 Å². The predicted octanol–water partition coefficient (Wildman–Crippen LogP) is 6.09. The highest BCUT2D eigenvalue weighted by Crippen LogP contribution is 2.52. The highest BCUT2D eigenvalue weighted by molar-refractivity contribution is 6.31. The fraction of sp³-hybridized carbons (Fsp3) is 0.355. The number of nitrogens with zero attached hydrogens (tertiary/aromatic N) is 2. The number of hydrogen-bond acceptors (Lipinski definition) is 6. The highest BCUT2D eigenvalue weighted by atomic mass is 35.5. The van der Waals surface area contributed by atoms with E-state index in [9.17, 15) is 14.9 Å². The minimum Gasteiger partial charge on any atom is -0.464 e. The Morgan fingerprint density at radius 2 is 1.90 bits per heavy atom. The number of amides is 1. The number of esters is 1. The highest BCUT2D eigenvalue weighted by Gasteiger charge is 2.61. The summed E-state index contributed by atoms with van der Waals surface area (Å²) in [4.78, 5) is 29.6. The van der Waals surface area contributed by atoms with E-state index in [0.717, 1.165) is 6.07 Å². The average Bonchev–Trinajstić information content (AvgIpc) is 3.25. The van der Waals surface area contributed by atoms with Crippen molar-refractivity contribution in [3.05, 3.63) is 98.8 Å². The van der Waals surface area contributed by atoms with Crippen molar-refractivity contribution in [1.29, 1.82) is 5.26 Å². The van der Waals surface area contributed by atoms with Gasteiger partial charge in [-0.1, -0.05) is 68.2 Å². The summed E-state index contributed by atoms with van der Waals surface area (Å²) in [6.07, 6.45) is 1.78.